The van der Waals surface area contributed by atoms with Gasteiger partial charge in [-0.25, -0.2) is 0 Å². The third kappa shape index (κ3) is 5.97. The Morgan fingerprint density at radius 3 is 1.97 bits per heavy atom. The van der Waals surface area contributed by atoms with Gasteiger partial charge < -0.3 is 4.74 Å². The van der Waals surface area contributed by atoms with Crippen molar-refractivity contribution in [2.45, 2.75) is 37.2 Å². The molecule has 172 valence electrons. The summed E-state index contributed by atoms with van der Waals surface area (Å²) in [4.78, 5) is 0. The van der Waals surface area contributed by atoms with Crippen LogP contribution < -0.4 is 4.74 Å². The zero-order chi connectivity index (χ0) is 22.6. The monoisotopic (exact) mass is 595 g/mol. The van der Waals surface area contributed by atoms with Crippen LogP contribution >= 0.6 is 46.5 Å². The number of nitriles is 1. The van der Waals surface area contributed by atoms with Crippen LogP contribution in [0.25, 0.3) is 12.2 Å². The highest BCUT2D eigenvalue weighted by atomic mass is 79.9. The van der Waals surface area contributed by atoms with Crippen LogP contribution in [0.2, 0.25) is 0 Å². The minimum absolute atomic E-state index is 0.697. The Labute approximate surface area is 210 Å². The van der Waals surface area contributed by atoms with E-state index < -0.39 is 16.9 Å². The molecule has 2 aliphatic rings. The highest BCUT2D eigenvalue weighted by molar-refractivity contribution is 9.58. The molecule has 2 aromatic rings. The Morgan fingerprint density at radius 1 is 0.875 bits per heavy atom. The summed E-state index contributed by atoms with van der Waals surface area (Å²) in [5.74, 6) is 8.46. The molecule has 0 bridgehead atoms. The Hall–Kier alpha value is -0.870. The van der Waals surface area contributed by atoms with Crippen molar-refractivity contribution in [1.82, 2.24) is 0 Å². The second-order valence-corrected chi connectivity index (χ2v) is 23.0. The average Bonchev–Trinajstić information content (AvgIpc) is 3.42. The second-order valence-electron chi connectivity index (χ2n) is 8.83. The summed E-state index contributed by atoms with van der Waals surface area (Å²) in [7, 11) is 0.296. The van der Waals surface area contributed by atoms with E-state index in [9.17, 15) is 0 Å². The minimum atomic E-state index is -0.761. The lowest BCUT2D eigenvalue weighted by molar-refractivity contribution is 0.411. The van der Waals surface area contributed by atoms with Crippen molar-refractivity contribution in [2.24, 2.45) is 0 Å². The lowest BCUT2D eigenvalue weighted by Gasteiger charge is -2.31. The van der Waals surface area contributed by atoms with E-state index >= 15 is 0 Å². The zero-order valence-corrected chi connectivity index (χ0v) is 23.4. The molecule has 32 heavy (non-hydrogen) atoms. The fourth-order valence-corrected chi connectivity index (χ4v) is 14.3. The molecule has 0 aromatic heterocycles. The molecule has 0 unspecified atom stereocenters. The number of hydrogen-bond acceptors (Lipinski definition) is 2. The van der Waals surface area contributed by atoms with Crippen molar-refractivity contribution in [3.63, 3.8) is 0 Å². The molecule has 2 aromatic carbocycles. The Balaban J connectivity index is 1.69. The first-order chi connectivity index (χ1) is 15.4. The van der Waals surface area contributed by atoms with Gasteiger partial charge in [-0.1, -0.05) is 24.3 Å². The first kappa shape index (κ1) is 24.3. The van der Waals surface area contributed by atoms with E-state index in [0.29, 0.717) is 5.56 Å². The van der Waals surface area contributed by atoms with E-state index in [2.05, 4.69) is 60.0 Å². The molecular weight excluding hydrogens is 566 g/mol. The van der Waals surface area contributed by atoms with Crippen LogP contribution in [0.1, 0.15) is 53.5 Å². The number of ether oxygens (including phenoxy) is 1. The molecule has 2 heterocycles. The standard InChI is InChI=1S/C26H31Br2NOS2/c1-30-26-17-24(19-31(27)12-2-3-13-31)23(11-10-21-6-8-22(18-29)9-7-21)16-25(26)20-32(28)14-4-5-15-32/h6-11,16-17H,2-5,12-15,19-20H2,1H3/b11-10+. The van der Waals surface area contributed by atoms with Crippen LogP contribution in [-0.2, 0) is 11.5 Å². The van der Waals surface area contributed by atoms with Crippen LogP contribution in [-0.4, -0.2) is 30.1 Å². The third-order valence-electron chi connectivity index (χ3n) is 6.41. The van der Waals surface area contributed by atoms with Crippen LogP contribution in [0, 0.1) is 11.3 Å². The van der Waals surface area contributed by atoms with Gasteiger partial charge in [0, 0.05) is 17.1 Å². The van der Waals surface area contributed by atoms with E-state index in [1.54, 1.807) is 0 Å². The van der Waals surface area contributed by atoms with Crippen molar-refractivity contribution >= 4 is 58.7 Å². The maximum Gasteiger partial charge on any atom is 0.123 e. The molecule has 2 nitrogen and oxygen atoms in total. The van der Waals surface area contributed by atoms with Gasteiger partial charge in [-0.05, 0) is 119 Å². The highest BCUT2D eigenvalue weighted by Gasteiger charge is 2.29. The molecule has 0 radical (unpaired) electrons. The molecule has 0 amide bonds. The van der Waals surface area contributed by atoms with Gasteiger partial charge in [0.15, 0.2) is 0 Å². The van der Waals surface area contributed by atoms with E-state index in [-0.39, 0.29) is 0 Å². The fourth-order valence-electron chi connectivity index (χ4n) is 4.62. The van der Waals surface area contributed by atoms with Crippen molar-refractivity contribution in [3.8, 4) is 11.8 Å². The quantitative estimate of drug-likeness (QED) is 0.300. The van der Waals surface area contributed by atoms with E-state index in [0.717, 1.165) is 22.8 Å². The largest absolute Gasteiger partial charge is 0.496 e. The summed E-state index contributed by atoms with van der Waals surface area (Å²) < 4.78 is 5.91. The van der Waals surface area contributed by atoms with Gasteiger partial charge in [0.05, 0.1) is 18.7 Å². The zero-order valence-electron chi connectivity index (χ0n) is 18.6. The first-order valence-electron chi connectivity index (χ1n) is 11.2. The lowest BCUT2D eigenvalue weighted by Crippen LogP contribution is -2.04. The summed E-state index contributed by atoms with van der Waals surface area (Å²) in [6, 6.07) is 14.7. The summed E-state index contributed by atoms with van der Waals surface area (Å²) >= 11 is 8.30. The number of benzene rings is 2. The van der Waals surface area contributed by atoms with Gasteiger partial charge >= 0.3 is 0 Å². The van der Waals surface area contributed by atoms with Gasteiger partial charge in [-0.3, -0.25) is 0 Å². The Kier molecular flexibility index (Phi) is 8.03. The topological polar surface area (TPSA) is 33.0 Å². The number of methoxy groups -OCH3 is 1. The second kappa shape index (κ2) is 10.6. The Bertz CT molecular complexity index is 1020. The average molecular weight is 597 g/mol. The molecule has 0 N–H and O–H groups in total. The Morgan fingerprint density at radius 2 is 1.44 bits per heavy atom. The van der Waals surface area contributed by atoms with Crippen molar-refractivity contribution < 1.29 is 4.74 Å². The van der Waals surface area contributed by atoms with Gasteiger partial charge in [-0.2, -0.15) is 22.2 Å². The summed E-state index contributed by atoms with van der Waals surface area (Å²) in [5.41, 5.74) is 5.83. The minimum Gasteiger partial charge on any atom is -0.496 e. The highest BCUT2D eigenvalue weighted by Crippen LogP contribution is 2.65. The number of rotatable bonds is 7. The van der Waals surface area contributed by atoms with Crippen molar-refractivity contribution in [1.29, 1.82) is 5.26 Å². The van der Waals surface area contributed by atoms with E-state index in [1.165, 1.54) is 65.4 Å². The summed E-state index contributed by atoms with van der Waals surface area (Å²) in [6.07, 6.45) is 9.77. The molecule has 2 saturated heterocycles. The maximum atomic E-state index is 9.07. The van der Waals surface area contributed by atoms with Crippen LogP contribution in [0.3, 0.4) is 0 Å². The van der Waals surface area contributed by atoms with Crippen LogP contribution in [0.4, 0.5) is 0 Å². The summed E-state index contributed by atoms with van der Waals surface area (Å²) in [6.45, 7) is 0. The van der Waals surface area contributed by atoms with Gasteiger partial charge in [-0.15, -0.1) is 0 Å². The predicted octanol–water partition coefficient (Wildman–Crippen LogP) is 8.55. The number of nitrogens with zero attached hydrogens (tertiary/aromatic N) is 1. The van der Waals surface area contributed by atoms with Crippen LogP contribution in [0.15, 0.2) is 36.4 Å². The van der Waals surface area contributed by atoms with Gasteiger partial charge in [0.2, 0.25) is 0 Å². The van der Waals surface area contributed by atoms with Crippen LogP contribution in [0.5, 0.6) is 5.75 Å². The number of hydrogen-bond donors (Lipinski definition) is 0. The molecule has 0 atom stereocenters. The van der Waals surface area contributed by atoms with Gasteiger partial charge in [0.25, 0.3) is 0 Å². The normalized spacial score (nSPS) is 21.3. The molecule has 2 aliphatic heterocycles. The SMILES string of the molecule is COc1cc(CS2(Br)CCCC2)c(/C=C/c2ccc(C#N)cc2)cc1CS1(Br)CCCC1. The molecule has 0 saturated carbocycles. The number of halogens is 2. The van der Waals surface area contributed by atoms with E-state index in [1.807, 2.05) is 31.4 Å². The molecule has 0 spiro atoms. The van der Waals surface area contributed by atoms with Crippen molar-refractivity contribution in [2.75, 3.05) is 30.1 Å². The van der Waals surface area contributed by atoms with Crippen molar-refractivity contribution in [3.05, 3.63) is 64.2 Å². The molecule has 6 heteroatoms. The molecular formula is C26H31Br2NOS2. The summed E-state index contributed by atoms with van der Waals surface area (Å²) in [5, 5.41) is 9.07. The van der Waals surface area contributed by atoms with Gasteiger partial charge in [0.1, 0.15) is 5.75 Å². The predicted molar refractivity (Wildman–Crippen MR) is 151 cm³/mol. The molecule has 2 fully saturated rings. The third-order valence-corrected chi connectivity index (χ3v) is 17.4. The first-order valence-corrected chi connectivity index (χ1v) is 19.2. The fraction of sp³-hybridized carbons (Fsp3) is 0.423. The molecule has 0 aliphatic carbocycles. The lowest BCUT2D eigenvalue weighted by atomic mass is 10.0. The smallest absolute Gasteiger partial charge is 0.123 e. The maximum absolute atomic E-state index is 9.07. The van der Waals surface area contributed by atoms with E-state index in [4.69, 9.17) is 10.00 Å². The molecule has 4 rings (SSSR count).